The number of para-hydroxylation sites is 2. The maximum Gasteiger partial charge on any atom is 0.255 e. The number of anilines is 2. The number of H-pyrrole nitrogens is 1. The maximum atomic E-state index is 12.9. The van der Waals surface area contributed by atoms with Crippen molar-refractivity contribution in [2.45, 2.75) is 6.54 Å². The van der Waals surface area contributed by atoms with Crippen LogP contribution < -0.4 is 20.1 Å². The number of aromatic amines is 1. The summed E-state index contributed by atoms with van der Waals surface area (Å²) < 4.78 is 6.32. The van der Waals surface area contributed by atoms with Crippen LogP contribution in [0.3, 0.4) is 0 Å². The second-order valence-electron chi connectivity index (χ2n) is 9.25. The molecule has 0 aliphatic carbocycles. The van der Waals surface area contributed by atoms with E-state index in [9.17, 15) is 9.59 Å². The van der Waals surface area contributed by atoms with Crippen molar-refractivity contribution in [3.05, 3.63) is 80.7 Å². The molecule has 1 aromatic heterocycles. The van der Waals surface area contributed by atoms with E-state index in [1.807, 2.05) is 52.3 Å². The highest BCUT2D eigenvalue weighted by Gasteiger charge is 2.25. The normalized spacial score (nSPS) is 16.6. The molecule has 1 N–H and O–H groups in total. The third-order valence-corrected chi connectivity index (χ3v) is 7.63. The summed E-state index contributed by atoms with van der Waals surface area (Å²) in [6, 6.07) is 17.1. The van der Waals surface area contributed by atoms with Gasteiger partial charge in [-0.25, -0.2) is 4.98 Å². The number of nitrogens with one attached hydrogen (secondary N) is 1. The lowest BCUT2D eigenvalue weighted by Crippen LogP contribution is -2.49. The van der Waals surface area contributed by atoms with E-state index in [1.54, 1.807) is 13.2 Å². The Morgan fingerprint density at radius 1 is 0.946 bits per heavy atom. The standard InChI is InChI=1S/C27H31BrN6O3/c1-37-24-9-5-4-8-23(24)32-12-10-31(11-13-32)19-20-18-25(35)30-27(29-20)34-16-14-33(15-17-34)26(36)21-6-2-3-7-22(21)28/h2-9,18H,10-17,19H2,1H3,(H,29,30,35). The molecule has 0 radical (unpaired) electrons. The van der Waals surface area contributed by atoms with Crippen LogP contribution >= 0.6 is 15.9 Å². The highest BCUT2D eigenvalue weighted by molar-refractivity contribution is 9.10. The number of benzene rings is 2. The van der Waals surface area contributed by atoms with Crippen LogP contribution in [0.1, 0.15) is 16.1 Å². The zero-order valence-electron chi connectivity index (χ0n) is 20.9. The van der Waals surface area contributed by atoms with Gasteiger partial charge in [0.25, 0.3) is 11.5 Å². The maximum absolute atomic E-state index is 12.9. The Kier molecular flexibility index (Phi) is 7.76. The molecule has 5 rings (SSSR count). The van der Waals surface area contributed by atoms with Crippen LogP contribution in [-0.4, -0.2) is 85.1 Å². The first-order valence-corrected chi connectivity index (χ1v) is 13.3. The van der Waals surface area contributed by atoms with E-state index in [2.05, 4.69) is 36.8 Å². The van der Waals surface area contributed by atoms with Gasteiger partial charge in [0.05, 0.1) is 24.1 Å². The van der Waals surface area contributed by atoms with Gasteiger partial charge in [0.2, 0.25) is 5.95 Å². The average Bonchev–Trinajstić information content (AvgIpc) is 2.93. The molecule has 9 nitrogen and oxygen atoms in total. The molecular weight excluding hydrogens is 536 g/mol. The summed E-state index contributed by atoms with van der Waals surface area (Å²) in [7, 11) is 1.70. The molecule has 2 aromatic carbocycles. The minimum absolute atomic E-state index is 0.00888. The Balaban J connectivity index is 1.18. The molecule has 2 saturated heterocycles. The van der Waals surface area contributed by atoms with Crippen LogP contribution in [0.5, 0.6) is 5.75 Å². The lowest BCUT2D eigenvalue weighted by molar-refractivity contribution is 0.0745. The van der Waals surface area contributed by atoms with Crippen molar-refractivity contribution in [3.8, 4) is 5.75 Å². The molecule has 37 heavy (non-hydrogen) atoms. The van der Waals surface area contributed by atoms with E-state index in [0.29, 0.717) is 44.2 Å². The average molecular weight is 567 g/mol. The lowest BCUT2D eigenvalue weighted by atomic mass is 10.2. The van der Waals surface area contributed by atoms with Crippen LogP contribution in [-0.2, 0) is 6.54 Å². The Labute approximate surface area is 224 Å². The number of ether oxygens (including phenoxy) is 1. The largest absolute Gasteiger partial charge is 0.495 e. The van der Waals surface area contributed by atoms with Gasteiger partial charge in [-0.15, -0.1) is 0 Å². The van der Waals surface area contributed by atoms with Crippen molar-refractivity contribution >= 4 is 33.5 Å². The second-order valence-corrected chi connectivity index (χ2v) is 10.1. The fourth-order valence-electron chi connectivity index (χ4n) is 4.92. The number of amides is 1. The number of halogens is 1. The van der Waals surface area contributed by atoms with Crippen LogP contribution in [0.4, 0.5) is 11.6 Å². The summed E-state index contributed by atoms with van der Waals surface area (Å²) in [5.41, 5.74) is 2.38. The van der Waals surface area contributed by atoms with Gasteiger partial charge in [0, 0.05) is 69.4 Å². The molecule has 0 unspecified atom stereocenters. The van der Waals surface area contributed by atoms with Gasteiger partial charge in [-0.05, 0) is 40.2 Å². The Hall–Kier alpha value is -3.37. The monoisotopic (exact) mass is 566 g/mol. The summed E-state index contributed by atoms with van der Waals surface area (Å²) in [5.74, 6) is 1.47. The third-order valence-electron chi connectivity index (χ3n) is 6.94. The van der Waals surface area contributed by atoms with E-state index in [0.717, 1.165) is 47.8 Å². The molecule has 1 amide bonds. The fourth-order valence-corrected chi connectivity index (χ4v) is 5.37. The minimum atomic E-state index is -0.153. The van der Waals surface area contributed by atoms with Gasteiger partial charge < -0.3 is 19.4 Å². The summed E-state index contributed by atoms with van der Waals surface area (Å²) >= 11 is 3.47. The number of nitrogens with zero attached hydrogens (tertiary/aromatic N) is 5. The van der Waals surface area contributed by atoms with Crippen LogP contribution in [0.2, 0.25) is 0 Å². The summed E-state index contributed by atoms with van der Waals surface area (Å²) in [4.78, 5) is 41.6. The Morgan fingerprint density at radius 3 is 2.35 bits per heavy atom. The molecule has 2 fully saturated rings. The Bertz CT molecular complexity index is 1300. The summed E-state index contributed by atoms with van der Waals surface area (Å²) in [6.07, 6.45) is 0. The molecule has 194 valence electrons. The van der Waals surface area contributed by atoms with E-state index in [4.69, 9.17) is 9.72 Å². The highest BCUT2D eigenvalue weighted by Crippen LogP contribution is 2.28. The van der Waals surface area contributed by atoms with Crippen molar-refractivity contribution in [2.75, 3.05) is 69.3 Å². The van der Waals surface area contributed by atoms with Crippen LogP contribution in [0.25, 0.3) is 0 Å². The predicted molar refractivity (Wildman–Crippen MR) is 148 cm³/mol. The molecule has 3 aromatic rings. The number of hydrogen-bond donors (Lipinski definition) is 1. The summed E-state index contributed by atoms with van der Waals surface area (Å²) in [6.45, 7) is 6.48. The first-order valence-electron chi connectivity index (χ1n) is 12.5. The third kappa shape index (κ3) is 5.80. The molecule has 10 heteroatoms. The predicted octanol–water partition coefficient (Wildman–Crippen LogP) is 2.83. The molecule has 2 aliphatic rings. The number of piperazine rings is 2. The van der Waals surface area contributed by atoms with Gasteiger partial charge in [0.15, 0.2) is 0 Å². The van der Waals surface area contributed by atoms with Gasteiger partial charge in [-0.1, -0.05) is 24.3 Å². The molecule has 0 bridgehead atoms. The van der Waals surface area contributed by atoms with Crippen LogP contribution in [0, 0.1) is 0 Å². The first-order chi connectivity index (χ1) is 18.0. The van der Waals surface area contributed by atoms with Gasteiger partial charge in [-0.3, -0.25) is 19.5 Å². The van der Waals surface area contributed by atoms with E-state index < -0.39 is 0 Å². The fraction of sp³-hybridized carbons (Fsp3) is 0.370. The van der Waals surface area contributed by atoms with Crippen molar-refractivity contribution in [1.29, 1.82) is 0 Å². The van der Waals surface area contributed by atoms with Gasteiger partial charge in [0.1, 0.15) is 5.75 Å². The number of carbonyl (C=O) groups excluding carboxylic acids is 1. The number of aromatic nitrogens is 2. The van der Waals surface area contributed by atoms with Crippen molar-refractivity contribution in [2.24, 2.45) is 0 Å². The van der Waals surface area contributed by atoms with E-state index in [1.165, 1.54) is 0 Å². The van der Waals surface area contributed by atoms with Gasteiger partial charge in [-0.2, -0.15) is 0 Å². The SMILES string of the molecule is COc1ccccc1N1CCN(Cc2cc(=O)[nH]c(N3CCN(C(=O)c4ccccc4Br)CC3)n2)CC1. The van der Waals surface area contributed by atoms with Crippen molar-refractivity contribution in [3.63, 3.8) is 0 Å². The quantitative estimate of drug-likeness (QED) is 0.491. The number of carbonyl (C=O) groups is 1. The number of rotatable bonds is 6. The van der Waals surface area contributed by atoms with Crippen molar-refractivity contribution in [1.82, 2.24) is 19.8 Å². The van der Waals surface area contributed by atoms with Crippen LogP contribution in [0.15, 0.2) is 63.9 Å². The highest BCUT2D eigenvalue weighted by atomic mass is 79.9. The van der Waals surface area contributed by atoms with E-state index >= 15 is 0 Å². The Morgan fingerprint density at radius 2 is 1.62 bits per heavy atom. The summed E-state index contributed by atoms with van der Waals surface area (Å²) in [5, 5.41) is 0. The topological polar surface area (TPSA) is 85.0 Å². The molecule has 0 atom stereocenters. The molecule has 0 saturated carbocycles. The minimum Gasteiger partial charge on any atom is -0.495 e. The number of hydrogen-bond acceptors (Lipinski definition) is 7. The zero-order valence-corrected chi connectivity index (χ0v) is 22.5. The smallest absolute Gasteiger partial charge is 0.255 e. The molecular formula is C27H31BrN6O3. The molecule has 0 spiro atoms. The molecule has 3 heterocycles. The van der Waals surface area contributed by atoms with Crippen molar-refractivity contribution < 1.29 is 9.53 Å². The second kappa shape index (κ2) is 11.4. The zero-order chi connectivity index (χ0) is 25.8. The van der Waals surface area contributed by atoms with Gasteiger partial charge >= 0.3 is 0 Å². The molecule has 2 aliphatic heterocycles. The van der Waals surface area contributed by atoms with E-state index in [-0.39, 0.29) is 11.5 Å². The lowest BCUT2D eigenvalue weighted by Gasteiger charge is -2.37. The number of methoxy groups -OCH3 is 1. The first kappa shape index (κ1) is 25.3.